The van der Waals surface area contributed by atoms with Gasteiger partial charge in [0.05, 0.1) is 7.11 Å². The highest BCUT2D eigenvalue weighted by Crippen LogP contribution is 2.18. The smallest absolute Gasteiger partial charge is 0.397 e. The lowest BCUT2D eigenvalue weighted by Crippen LogP contribution is -2.00. The van der Waals surface area contributed by atoms with Gasteiger partial charge in [-0.3, -0.25) is 0 Å². The number of halogens is 1. The maximum Gasteiger partial charge on any atom is 0.397 e. The molecule has 0 saturated heterocycles. The molecule has 1 aromatic carbocycles. The number of hydrogen-bond acceptors (Lipinski definition) is 5. The fraction of sp³-hybridized carbons (Fsp3) is 0.100. The Labute approximate surface area is 96.0 Å². The largest absolute Gasteiger partial charge is 0.462 e. The van der Waals surface area contributed by atoms with Crippen LogP contribution in [0.5, 0.6) is 0 Å². The molecule has 0 radical (unpaired) electrons. The minimum Gasteiger partial charge on any atom is -0.462 e. The minimum atomic E-state index is -0.660. The summed E-state index contributed by atoms with van der Waals surface area (Å²) in [4.78, 5) is 15.0. The summed E-state index contributed by atoms with van der Waals surface area (Å²) in [6.07, 6.45) is 0. The van der Waals surface area contributed by atoms with Gasteiger partial charge in [-0.25, -0.2) is 4.79 Å². The lowest BCUT2D eigenvalue weighted by atomic mass is 10.2. The van der Waals surface area contributed by atoms with Crippen LogP contribution in [-0.4, -0.2) is 23.2 Å². The van der Waals surface area contributed by atoms with Crippen LogP contribution >= 0.6 is 11.6 Å². The standard InChI is InChI=1S/C10H7ClN2O3/c1-15-10(14)9-12-8(13-16-9)6-2-4-7(11)5-3-6/h2-5H,1H3. The molecular weight excluding hydrogens is 232 g/mol. The van der Waals surface area contributed by atoms with Crippen LogP contribution in [0.25, 0.3) is 11.4 Å². The van der Waals surface area contributed by atoms with E-state index in [-0.39, 0.29) is 5.89 Å². The number of benzene rings is 1. The van der Waals surface area contributed by atoms with E-state index in [1.165, 1.54) is 7.11 Å². The quantitative estimate of drug-likeness (QED) is 0.751. The SMILES string of the molecule is COC(=O)c1nc(-c2ccc(Cl)cc2)no1. The van der Waals surface area contributed by atoms with Crippen molar-refractivity contribution >= 4 is 17.6 Å². The molecule has 6 heteroatoms. The Morgan fingerprint density at radius 1 is 1.38 bits per heavy atom. The topological polar surface area (TPSA) is 65.2 Å². The molecule has 82 valence electrons. The summed E-state index contributed by atoms with van der Waals surface area (Å²) in [7, 11) is 1.24. The Hall–Kier alpha value is -1.88. The highest BCUT2D eigenvalue weighted by molar-refractivity contribution is 6.30. The molecule has 1 heterocycles. The van der Waals surface area contributed by atoms with Gasteiger partial charge in [0.15, 0.2) is 0 Å². The number of rotatable bonds is 2. The fourth-order valence-electron chi connectivity index (χ4n) is 1.11. The third-order valence-electron chi connectivity index (χ3n) is 1.89. The molecule has 0 spiro atoms. The predicted molar refractivity (Wildman–Crippen MR) is 56.1 cm³/mol. The van der Waals surface area contributed by atoms with E-state index >= 15 is 0 Å². The van der Waals surface area contributed by atoms with Gasteiger partial charge in [-0.1, -0.05) is 16.8 Å². The number of nitrogens with zero attached hydrogens (tertiary/aromatic N) is 2. The summed E-state index contributed by atoms with van der Waals surface area (Å²) in [5.74, 6) is -0.516. The van der Waals surface area contributed by atoms with Crippen LogP contribution < -0.4 is 0 Å². The van der Waals surface area contributed by atoms with Crippen molar-refractivity contribution in [1.82, 2.24) is 10.1 Å². The second kappa shape index (κ2) is 4.32. The highest BCUT2D eigenvalue weighted by atomic mass is 35.5. The van der Waals surface area contributed by atoms with Crippen LogP contribution in [0, 0.1) is 0 Å². The zero-order valence-corrected chi connectivity index (χ0v) is 9.06. The average molecular weight is 239 g/mol. The first-order valence-corrected chi connectivity index (χ1v) is 4.76. The molecule has 0 fully saturated rings. The average Bonchev–Trinajstić information content (AvgIpc) is 2.78. The second-order valence-corrected chi connectivity index (χ2v) is 3.36. The van der Waals surface area contributed by atoms with Crippen LogP contribution in [0.15, 0.2) is 28.8 Å². The van der Waals surface area contributed by atoms with Crippen molar-refractivity contribution in [3.63, 3.8) is 0 Å². The summed E-state index contributed by atoms with van der Waals surface area (Å²) in [5, 5.41) is 4.27. The van der Waals surface area contributed by atoms with E-state index in [4.69, 9.17) is 16.1 Å². The van der Waals surface area contributed by atoms with Crippen molar-refractivity contribution in [2.24, 2.45) is 0 Å². The van der Waals surface area contributed by atoms with E-state index in [1.54, 1.807) is 24.3 Å². The van der Waals surface area contributed by atoms with Crippen molar-refractivity contribution < 1.29 is 14.1 Å². The van der Waals surface area contributed by atoms with Gasteiger partial charge in [0.2, 0.25) is 5.82 Å². The Kier molecular flexibility index (Phi) is 2.87. The van der Waals surface area contributed by atoms with Crippen molar-refractivity contribution in [2.45, 2.75) is 0 Å². The molecular formula is C10H7ClN2O3. The van der Waals surface area contributed by atoms with E-state index in [0.29, 0.717) is 16.4 Å². The first-order valence-electron chi connectivity index (χ1n) is 4.38. The highest BCUT2D eigenvalue weighted by Gasteiger charge is 2.15. The number of carbonyl (C=O) groups excluding carboxylic acids is 1. The normalized spacial score (nSPS) is 10.1. The first kappa shape index (κ1) is 10.6. The Bertz CT molecular complexity index is 507. The third-order valence-corrected chi connectivity index (χ3v) is 2.14. The van der Waals surface area contributed by atoms with Gasteiger partial charge in [0.25, 0.3) is 0 Å². The Balaban J connectivity index is 2.31. The predicted octanol–water partition coefficient (Wildman–Crippen LogP) is 2.18. The third kappa shape index (κ3) is 2.04. The van der Waals surface area contributed by atoms with Gasteiger partial charge in [-0.2, -0.15) is 4.98 Å². The molecule has 0 aliphatic heterocycles. The lowest BCUT2D eigenvalue weighted by molar-refractivity contribution is 0.0545. The van der Waals surface area contributed by atoms with Crippen molar-refractivity contribution in [1.29, 1.82) is 0 Å². The molecule has 0 aliphatic rings. The number of esters is 1. The molecule has 2 aromatic rings. The molecule has 0 aliphatic carbocycles. The first-order chi connectivity index (χ1) is 7.70. The molecule has 0 bridgehead atoms. The van der Waals surface area contributed by atoms with E-state index in [9.17, 15) is 4.79 Å². The van der Waals surface area contributed by atoms with Gasteiger partial charge in [0, 0.05) is 10.6 Å². The summed E-state index contributed by atoms with van der Waals surface area (Å²) in [6.45, 7) is 0. The molecule has 0 N–H and O–H groups in total. The molecule has 1 aromatic heterocycles. The molecule has 0 amide bonds. The van der Waals surface area contributed by atoms with Crippen molar-refractivity contribution in [2.75, 3.05) is 7.11 Å². The van der Waals surface area contributed by atoms with Crippen molar-refractivity contribution in [3.8, 4) is 11.4 Å². The summed E-state index contributed by atoms with van der Waals surface area (Å²) in [5.41, 5.74) is 0.711. The number of carbonyl (C=O) groups is 1. The molecule has 0 unspecified atom stereocenters. The Morgan fingerprint density at radius 3 is 2.69 bits per heavy atom. The number of methoxy groups -OCH3 is 1. The monoisotopic (exact) mass is 238 g/mol. The number of hydrogen-bond donors (Lipinski definition) is 0. The summed E-state index contributed by atoms with van der Waals surface area (Å²) >= 11 is 5.74. The van der Waals surface area contributed by atoms with Gasteiger partial charge >= 0.3 is 11.9 Å². The van der Waals surface area contributed by atoms with Crippen LogP contribution in [0.3, 0.4) is 0 Å². The maximum absolute atomic E-state index is 11.1. The summed E-state index contributed by atoms with van der Waals surface area (Å²) < 4.78 is 9.18. The molecule has 0 saturated carbocycles. The summed E-state index contributed by atoms with van der Waals surface area (Å²) in [6, 6.07) is 6.86. The van der Waals surface area contributed by atoms with E-state index in [0.717, 1.165) is 0 Å². The van der Waals surface area contributed by atoms with Crippen LogP contribution in [-0.2, 0) is 4.74 Å². The van der Waals surface area contributed by atoms with Gasteiger partial charge in [0.1, 0.15) is 0 Å². The lowest BCUT2D eigenvalue weighted by Gasteiger charge is -1.93. The zero-order valence-electron chi connectivity index (χ0n) is 8.31. The van der Waals surface area contributed by atoms with E-state index in [1.807, 2.05) is 0 Å². The molecule has 2 rings (SSSR count). The van der Waals surface area contributed by atoms with Crippen LogP contribution in [0.2, 0.25) is 5.02 Å². The van der Waals surface area contributed by atoms with Gasteiger partial charge in [-0.05, 0) is 24.3 Å². The van der Waals surface area contributed by atoms with E-state index < -0.39 is 5.97 Å². The van der Waals surface area contributed by atoms with Crippen molar-refractivity contribution in [3.05, 3.63) is 35.2 Å². The molecule has 5 nitrogen and oxygen atoms in total. The maximum atomic E-state index is 11.1. The van der Waals surface area contributed by atoms with Gasteiger partial charge in [-0.15, -0.1) is 0 Å². The number of ether oxygens (including phenoxy) is 1. The second-order valence-electron chi connectivity index (χ2n) is 2.92. The minimum absolute atomic E-state index is 0.174. The van der Waals surface area contributed by atoms with Gasteiger partial charge < -0.3 is 9.26 Å². The fourth-order valence-corrected chi connectivity index (χ4v) is 1.24. The van der Waals surface area contributed by atoms with Crippen LogP contribution in [0.4, 0.5) is 0 Å². The zero-order chi connectivity index (χ0) is 11.5. The molecule has 16 heavy (non-hydrogen) atoms. The molecule has 0 atom stereocenters. The number of aromatic nitrogens is 2. The Morgan fingerprint density at radius 2 is 2.06 bits per heavy atom. The van der Waals surface area contributed by atoms with E-state index in [2.05, 4.69) is 14.9 Å². The van der Waals surface area contributed by atoms with Crippen LogP contribution in [0.1, 0.15) is 10.7 Å².